The largest absolute Gasteiger partial charge is 0.481 e. The van der Waals surface area contributed by atoms with Gasteiger partial charge in [0.1, 0.15) is 0 Å². The second-order valence-corrected chi connectivity index (χ2v) is 3.04. The molecule has 0 unspecified atom stereocenters. The molecule has 0 aromatic heterocycles. The minimum absolute atomic E-state index is 0.198. The second kappa shape index (κ2) is 4.97. The van der Waals surface area contributed by atoms with Crippen LogP contribution in [0.3, 0.4) is 0 Å². The summed E-state index contributed by atoms with van der Waals surface area (Å²) in [5.74, 6) is -1.66. The number of hydrogen-bond acceptors (Lipinski definition) is 4. The van der Waals surface area contributed by atoms with Gasteiger partial charge in [0.25, 0.3) is 11.9 Å². The Labute approximate surface area is 92.9 Å². The lowest BCUT2D eigenvalue weighted by Gasteiger charge is -2.16. The molecule has 0 aliphatic heterocycles. The molecule has 16 heavy (non-hydrogen) atoms. The van der Waals surface area contributed by atoms with Gasteiger partial charge in [0, 0.05) is 6.72 Å². The molecule has 84 valence electrons. The first-order valence-corrected chi connectivity index (χ1v) is 4.53. The summed E-state index contributed by atoms with van der Waals surface area (Å²) < 4.78 is 0. The summed E-state index contributed by atoms with van der Waals surface area (Å²) in [6.07, 6.45) is 0. The minimum atomic E-state index is -1.02. The molecule has 0 fully saturated rings. The number of carbonyl (C=O) groups excluding carboxylic acids is 1. The number of rotatable bonds is 3. The van der Waals surface area contributed by atoms with E-state index in [1.54, 1.807) is 30.3 Å². The third-order valence-electron chi connectivity index (χ3n) is 1.99. The number of carbonyl (C=O) groups is 1. The Morgan fingerprint density at radius 1 is 1.31 bits per heavy atom. The molecule has 0 aliphatic rings. The van der Waals surface area contributed by atoms with E-state index in [4.69, 9.17) is 10.2 Å². The molecule has 0 radical (unpaired) electrons. The summed E-state index contributed by atoms with van der Waals surface area (Å²) >= 11 is 0. The van der Waals surface area contributed by atoms with E-state index in [1.807, 2.05) is 0 Å². The number of amides is 1. The number of hydrogen-bond donors (Lipinski definition) is 2. The van der Waals surface area contributed by atoms with Gasteiger partial charge in [0.2, 0.25) is 0 Å². The highest BCUT2D eigenvalue weighted by molar-refractivity contribution is 6.05. The van der Waals surface area contributed by atoms with Gasteiger partial charge in [-0.1, -0.05) is 18.2 Å². The van der Waals surface area contributed by atoms with Gasteiger partial charge in [-0.05, 0) is 19.1 Å². The SMILES string of the molecule is C=NN(C(=O)C(C)=C(O)O)c1ccccc1. The van der Waals surface area contributed by atoms with Crippen LogP contribution < -0.4 is 5.01 Å². The van der Waals surface area contributed by atoms with Crippen molar-refractivity contribution in [3.63, 3.8) is 0 Å². The van der Waals surface area contributed by atoms with Gasteiger partial charge in [-0.2, -0.15) is 10.1 Å². The molecule has 1 aromatic carbocycles. The van der Waals surface area contributed by atoms with E-state index in [1.165, 1.54) is 6.92 Å². The molecular formula is C11H12N2O3. The third kappa shape index (κ3) is 2.38. The Hall–Kier alpha value is -2.30. The van der Waals surface area contributed by atoms with Gasteiger partial charge in [0.15, 0.2) is 0 Å². The molecule has 2 N–H and O–H groups in total. The maximum atomic E-state index is 11.7. The zero-order valence-electron chi connectivity index (χ0n) is 8.79. The van der Waals surface area contributed by atoms with Crippen LogP contribution in [-0.2, 0) is 4.79 Å². The van der Waals surface area contributed by atoms with Crippen LogP contribution in [0.2, 0.25) is 0 Å². The molecule has 1 rings (SSSR count). The van der Waals surface area contributed by atoms with E-state index < -0.39 is 11.9 Å². The Morgan fingerprint density at radius 2 is 1.88 bits per heavy atom. The van der Waals surface area contributed by atoms with Crippen LogP contribution in [0, 0.1) is 0 Å². The highest BCUT2D eigenvalue weighted by Gasteiger charge is 2.18. The summed E-state index contributed by atoms with van der Waals surface area (Å²) in [7, 11) is 0. The first-order valence-electron chi connectivity index (χ1n) is 4.53. The monoisotopic (exact) mass is 220 g/mol. The highest BCUT2D eigenvalue weighted by Crippen LogP contribution is 2.16. The summed E-state index contributed by atoms with van der Waals surface area (Å²) in [5, 5.41) is 22.1. The van der Waals surface area contributed by atoms with Gasteiger partial charge >= 0.3 is 0 Å². The van der Waals surface area contributed by atoms with Crippen molar-refractivity contribution in [2.75, 3.05) is 5.01 Å². The van der Waals surface area contributed by atoms with E-state index in [2.05, 4.69) is 11.8 Å². The number of benzene rings is 1. The van der Waals surface area contributed by atoms with Crippen molar-refractivity contribution in [2.24, 2.45) is 5.10 Å². The maximum Gasteiger partial charge on any atom is 0.282 e. The topological polar surface area (TPSA) is 73.1 Å². The zero-order valence-corrected chi connectivity index (χ0v) is 8.79. The molecule has 0 heterocycles. The van der Waals surface area contributed by atoms with E-state index >= 15 is 0 Å². The maximum absolute atomic E-state index is 11.7. The molecule has 0 spiro atoms. The molecule has 5 nitrogen and oxygen atoms in total. The van der Waals surface area contributed by atoms with Crippen LogP contribution in [0.15, 0.2) is 47.0 Å². The van der Waals surface area contributed by atoms with Crippen molar-refractivity contribution >= 4 is 18.3 Å². The number of aliphatic hydroxyl groups is 2. The summed E-state index contributed by atoms with van der Waals surface area (Å²) in [6, 6.07) is 8.58. The lowest BCUT2D eigenvalue weighted by molar-refractivity contribution is -0.115. The average Bonchev–Trinajstić information content (AvgIpc) is 2.30. The first-order chi connectivity index (χ1) is 7.57. The Morgan fingerprint density at radius 3 is 2.31 bits per heavy atom. The molecule has 1 aromatic rings. The third-order valence-corrected chi connectivity index (χ3v) is 1.99. The Bertz CT molecular complexity index is 422. The number of aliphatic hydroxyl groups excluding tert-OH is 1. The van der Waals surface area contributed by atoms with Crippen LogP contribution >= 0.6 is 0 Å². The fraction of sp³-hybridized carbons (Fsp3) is 0.0909. The fourth-order valence-corrected chi connectivity index (χ4v) is 1.09. The van der Waals surface area contributed by atoms with Crippen molar-refractivity contribution in [3.8, 4) is 0 Å². The second-order valence-electron chi connectivity index (χ2n) is 3.04. The van der Waals surface area contributed by atoms with E-state index in [0.717, 1.165) is 5.01 Å². The predicted octanol–water partition coefficient (Wildman–Crippen LogP) is 1.98. The molecule has 5 heteroatoms. The standard InChI is InChI=1S/C11H12N2O3/c1-8(11(15)16)10(14)13(12-2)9-6-4-3-5-7-9/h3-7,15-16H,2H2,1H3. The lowest BCUT2D eigenvalue weighted by atomic mass is 10.2. The van der Waals surface area contributed by atoms with Crippen molar-refractivity contribution in [2.45, 2.75) is 6.92 Å². The first kappa shape index (κ1) is 11.8. The van der Waals surface area contributed by atoms with Crippen LogP contribution in [0.4, 0.5) is 5.69 Å². The van der Waals surface area contributed by atoms with Gasteiger partial charge in [-0.3, -0.25) is 4.79 Å². The molecule has 1 amide bonds. The number of hydrazone groups is 1. The molecule has 0 atom stereocenters. The summed E-state index contributed by atoms with van der Waals surface area (Å²) in [4.78, 5) is 11.7. The number of nitrogens with zero attached hydrogens (tertiary/aromatic N) is 2. The molecular weight excluding hydrogens is 208 g/mol. The molecule has 0 aliphatic carbocycles. The summed E-state index contributed by atoms with van der Waals surface area (Å²) in [6.45, 7) is 4.56. The molecule has 0 saturated carbocycles. The minimum Gasteiger partial charge on any atom is -0.481 e. The van der Waals surface area contributed by atoms with Crippen LogP contribution in [0.5, 0.6) is 0 Å². The van der Waals surface area contributed by atoms with Crippen molar-refractivity contribution < 1.29 is 15.0 Å². The Kier molecular flexibility index (Phi) is 3.66. The van der Waals surface area contributed by atoms with Crippen molar-refractivity contribution in [1.82, 2.24) is 0 Å². The van der Waals surface area contributed by atoms with Crippen LogP contribution in [0.25, 0.3) is 0 Å². The smallest absolute Gasteiger partial charge is 0.282 e. The molecule has 0 saturated heterocycles. The normalized spacial score (nSPS) is 9.31. The quantitative estimate of drug-likeness (QED) is 0.354. The number of para-hydroxylation sites is 1. The van der Waals surface area contributed by atoms with E-state index in [-0.39, 0.29) is 5.57 Å². The number of anilines is 1. The summed E-state index contributed by atoms with van der Waals surface area (Å²) in [5.41, 5.74) is 0.305. The average molecular weight is 220 g/mol. The van der Waals surface area contributed by atoms with Gasteiger partial charge in [-0.15, -0.1) is 0 Å². The van der Waals surface area contributed by atoms with Crippen LogP contribution in [0.1, 0.15) is 6.92 Å². The highest BCUT2D eigenvalue weighted by atomic mass is 16.5. The van der Waals surface area contributed by atoms with Crippen molar-refractivity contribution in [1.29, 1.82) is 0 Å². The zero-order chi connectivity index (χ0) is 12.1. The van der Waals surface area contributed by atoms with Gasteiger partial charge < -0.3 is 10.2 Å². The van der Waals surface area contributed by atoms with Crippen molar-refractivity contribution in [3.05, 3.63) is 41.9 Å². The predicted molar refractivity (Wildman–Crippen MR) is 61.4 cm³/mol. The van der Waals surface area contributed by atoms with Crippen LogP contribution in [-0.4, -0.2) is 22.8 Å². The molecule has 0 bridgehead atoms. The Balaban J connectivity index is 3.06. The fourth-order valence-electron chi connectivity index (χ4n) is 1.09. The van der Waals surface area contributed by atoms with Gasteiger partial charge in [0.05, 0.1) is 11.3 Å². The van der Waals surface area contributed by atoms with E-state index in [9.17, 15) is 4.79 Å². The van der Waals surface area contributed by atoms with Gasteiger partial charge in [-0.25, -0.2) is 0 Å². The lowest BCUT2D eigenvalue weighted by Crippen LogP contribution is -2.26. The van der Waals surface area contributed by atoms with E-state index in [0.29, 0.717) is 5.69 Å².